The number of benzene rings is 2. The first-order chi connectivity index (χ1) is 15.8. The summed E-state index contributed by atoms with van der Waals surface area (Å²) in [4.78, 5) is 16.2. The molecule has 2 aromatic carbocycles. The van der Waals surface area contributed by atoms with Crippen molar-refractivity contribution in [1.82, 2.24) is 4.98 Å². The molecule has 5 heteroatoms. The van der Waals surface area contributed by atoms with E-state index >= 15 is 0 Å². The number of hydrogen-bond acceptors (Lipinski definition) is 5. The molecule has 0 aliphatic heterocycles. The molecule has 0 radical (unpaired) electrons. The van der Waals surface area contributed by atoms with Gasteiger partial charge in [-0.15, -0.1) is 0 Å². The van der Waals surface area contributed by atoms with Crippen molar-refractivity contribution in [2.75, 3.05) is 13.2 Å². The molecule has 0 bridgehead atoms. The molecule has 166 valence electrons. The Balaban J connectivity index is 1.05. The highest BCUT2D eigenvalue weighted by Crippen LogP contribution is 2.23. The highest BCUT2D eigenvalue weighted by atomic mass is 16.5. The van der Waals surface area contributed by atoms with Crippen LogP contribution in [0.15, 0.2) is 76.3 Å². The quantitative estimate of drug-likeness (QED) is 0.239. The Morgan fingerprint density at radius 2 is 1.53 bits per heavy atom. The van der Waals surface area contributed by atoms with E-state index in [0.717, 1.165) is 48.3 Å². The largest absolute Gasteiger partial charge is 0.493 e. The Morgan fingerprint density at radius 3 is 2.38 bits per heavy atom. The normalized spacial score (nSPS) is 11.1. The molecule has 2 aromatic heterocycles. The van der Waals surface area contributed by atoms with Crippen molar-refractivity contribution >= 4 is 21.9 Å². The minimum absolute atomic E-state index is 0.0325. The summed E-state index contributed by atoms with van der Waals surface area (Å²) in [6.07, 6.45) is 11.3. The second-order valence-corrected chi connectivity index (χ2v) is 7.95. The Labute approximate surface area is 188 Å². The van der Waals surface area contributed by atoms with Crippen molar-refractivity contribution in [2.45, 2.75) is 44.9 Å². The van der Waals surface area contributed by atoms with Crippen LogP contribution in [0.3, 0.4) is 0 Å². The number of fused-ring (bicyclic) bond motifs is 2. The fourth-order valence-electron chi connectivity index (χ4n) is 3.81. The minimum Gasteiger partial charge on any atom is -0.493 e. The molecule has 0 aliphatic rings. The second kappa shape index (κ2) is 11.3. The first kappa shape index (κ1) is 21.9. The zero-order valence-corrected chi connectivity index (χ0v) is 18.3. The summed E-state index contributed by atoms with van der Waals surface area (Å²) < 4.78 is 17.1. The van der Waals surface area contributed by atoms with Crippen LogP contribution in [0.4, 0.5) is 0 Å². The minimum atomic E-state index is -0.0325. The molecule has 0 saturated carbocycles. The summed E-state index contributed by atoms with van der Waals surface area (Å²) in [6, 6.07) is 16.9. The van der Waals surface area contributed by atoms with Gasteiger partial charge in [0.15, 0.2) is 5.43 Å². The smallest absolute Gasteiger partial charge is 0.192 e. The van der Waals surface area contributed by atoms with Gasteiger partial charge in [-0.25, -0.2) is 0 Å². The molecule has 2 heterocycles. The standard InChI is InChI=1S/C27H29NO4/c29-24-15-19-32-26-20-22(13-14-23(24)26)30-17-6-4-2-1-3-5-7-18-31-25-12-8-10-21-11-9-16-28-27(21)25/h8-16,19-20H,1-7,17-18H2. The van der Waals surface area contributed by atoms with Crippen LogP contribution in [-0.4, -0.2) is 18.2 Å². The third-order valence-electron chi connectivity index (χ3n) is 5.54. The monoisotopic (exact) mass is 431 g/mol. The van der Waals surface area contributed by atoms with Crippen LogP contribution in [-0.2, 0) is 0 Å². The van der Waals surface area contributed by atoms with Crippen molar-refractivity contribution in [3.05, 3.63) is 77.3 Å². The average molecular weight is 432 g/mol. The van der Waals surface area contributed by atoms with Gasteiger partial charge in [0.2, 0.25) is 0 Å². The third-order valence-corrected chi connectivity index (χ3v) is 5.54. The zero-order valence-electron chi connectivity index (χ0n) is 18.3. The van der Waals surface area contributed by atoms with Gasteiger partial charge in [0, 0.05) is 23.7 Å². The van der Waals surface area contributed by atoms with Crippen molar-refractivity contribution in [3.63, 3.8) is 0 Å². The summed E-state index contributed by atoms with van der Waals surface area (Å²) in [6.45, 7) is 1.41. The molecule has 5 nitrogen and oxygen atoms in total. The summed E-state index contributed by atoms with van der Waals surface area (Å²) in [5.74, 6) is 1.62. The molecule has 32 heavy (non-hydrogen) atoms. The van der Waals surface area contributed by atoms with Crippen LogP contribution >= 0.6 is 0 Å². The summed E-state index contributed by atoms with van der Waals surface area (Å²) in [7, 11) is 0. The fraction of sp³-hybridized carbons (Fsp3) is 0.333. The van der Waals surface area contributed by atoms with Gasteiger partial charge in [0.1, 0.15) is 22.6 Å². The lowest BCUT2D eigenvalue weighted by Gasteiger charge is -2.08. The first-order valence-corrected chi connectivity index (χ1v) is 11.4. The summed E-state index contributed by atoms with van der Waals surface area (Å²) in [5, 5.41) is 1.69. The topological polar surface area (TPSA) is 61.6 Å². The third kappa shape index (κ3) is 5.88. The van der Waals surface area contributed by atoms with Crippen LogP contribution in [0.1, 0.15) is 44.9 Å². The van der Waals surface area contributed by atoms with Gasteiger partial charge in [0.05, 0.1) is 24.9 Å². The highest BCUT2D eigenvalue weighted by molar-refractivity contribution is 5.84. The predicted octanol–water partition coefficient (Wildman–Crippen LogP) is 6.53. The number of ether oxygens (including phenoxy) is 2. The van der Waals surface area contributed by atoms with Crippen molar-refractivity contribution in [3.8, 4) is 11.5 Å². The molecule has 0 N–H and O–H groups in total. The Hall–Kier alpha value is -3.34. The van der Waals surface area contributed by atoms with E-state index in [-0.39, 0.29) is 5.43 Å². The number of hydrogen-bond donors (Lipinski definition) is 0. The average Bonchev–Trinajstić information content (AvgIpc) is 2.82. The number of aromatic nitrogens is 1. The lowest BCUT2D eigenvalue weighted by atomic mass is 10.1. The van der Waals surface area contributed by atoms with E-state index in [4.69, 9.17) is 13.9 Å². The summed E-state index contributed by atoms with van der Waals surface area (Å²) >= 11 is 0. The molecule has 0 aliphatic carbocycles. The Bertz CT molecular complexity index is 1200. The van der Waals surface area contributed by atoms with Crippen molar-refractivity contribution < 1.29 is 13.9 Å². The van der Waals surface area contributed by atoms with Crippen molar-refractivity contribution in [2.24, 2.45) is 0 Å². The van der Waals surface area contributed by atoms with E-state index in [1.54, 1.807) is 18.3 Å². The van der Waals surface area contributed by atoms with Crippen LogP contribution < -0.4 is 14.9 Å². The SMILES string of the molecule is O=c1ccoc2cc(OCCCCCCCCCOc3cccc4cccnc34)ccc12. The lowest BCUT2D eigenvalue weighted by Crippen LogP contribution is -2.00. The zero-order chi connectivity index (χ0) is 22.0. The maximum atomic E-state index is 11.7. The predicted molar refractivity (Wildman–Crippen MR) is 128 cm³/mol. The molecule has 0 saturated heterocycles. The number of unbranched alkanes of at least 4 members (excludes halogenated alkanes) is 6. The van der Waals surface area contributed by atoms with Crippen LogP contribution in [0.2, 0.25) is 0 Å². The molecule has 0 atom stereocenters. The van der Waals surface area contributed by atoms with E-state index in [1.165, 1.54) is 38.0 Å². The van der Waals surface area contributed by atoms with Gasteiger partial charge < -0.3 is 13.9 Å². The van der Waals surface area contributed by atoms with Gasteiger partial charge >= 0.3 is 0 Å². The van der Waals surface area contributed by atoms with Crippen LogP contribution in [0.25, 0.3) is 21.9 Å². The molecule has 0 unspecified atom stereocenters. The Morgan fingerprint density at radius 1 is 0.781 bits per heavy atom. The van der Waals surface area contributed by atoms with E-state index < -0.39 is 0 Å². The van der Waals surface area contributed by atoms with Gasteiger partial charge in [-0.1, -0.05) is 50.3 Å². The van der Waals surface area contributed by atoms with E-state index in [2.05, 4.69) is 17.1 Å². The van der Waals surface area contributed by atoms with E-state index in [1.807, 2.05) is 24.3 Å². The second-order valence-electron chi connectivity index (χ2n) is 7.95. The molecule has 0 spiro atoms. The maximum absolute atomic E-state index is 11.7. The molecular weight excluding hydrogens is 402 g/mol. The number of rotatable bonds is 12. The summed E-state index contributed by atoms with van der Waals surface area (Å²) in [5.41, 5.74) is 1.47. The number of nitrogens with zero attached hydrogens (tertiary/aromatic N) is 1. The van der Waals surface area contributed by atoms with Gasteiger partial charge in [-0.3, -0.25) is 9.78 Å². The molecule has 4 aromatic rings. The van der Waals surface area contributed by atoms with Gasteiger partial charge in [0.25, 0.3) is 0 Å². The maximum Gasteiger partial charge on any atom is 0.192 e. The van der Waals surface area contributed by atoms with E-state index in [9.17, 15) is 4.79 Å². The van der Waals surface area contributed by atoms with E-state index in [0.29, 0.717) is 17.6 Å². The number of para-hydroxylation sites is 1. The molecule has 0 amide bonds. The molecule has 4 rings (SSSR count). The lowest BCUT2D eigenvalue weighted by molar-refractivity contribution is 0.301. The Kier molecular flexibility index (Phi) is 7.74. The van der Waals surface area contributed by atoms with Crippen LogP contribution in [0, 0.1) is 0 Å². The first-order valence-electron chi connectivity index (χ1n) is 11.4. The van der Waals surface area contributed by atoms with Crippen molar-refractivity contribution in [1.29, 1.82) is 0 Å². The van der Waals surface area contributed by atoms with Crippen LogP contribution in [0.5, 0.6) is 11.5 Å². The van der Waals surface area contributed by atoms with Gasteiger partial charge in [-0.05, 0) is 37.1 Å². The number of pyridine rings is 1. The molecular formula is C27H29NO4. The fourth-order valence-corrected chi connectivity index (χ4v) is 3.81. The van der Waals surface area contributed by atoms with Gasteiger partial charge in [-0.2, -0.15) is 0 Å². The molecule has 0 fully saturated rings. The highest BCUT2D eigenvalue weighted by Gasteiger charge is 2.03.